The van der Waals surface area contributed by atoms with E-state index >= 15 is 0 Å². The number of nitrogens with zero attached hydrogens (tertiary/aromatic N) is 1. The van der Waals surface area contributed by atoms with Gasteiger partial charge >= 0.3 is 0 Å². The Morgan fingerprint density at radius 3 is 2.78 bits per heavy atom. The molecule has 1 aliphatic rings. The lowest BCUT2D eigenvalue weighted by Gasteiger charge is -2.18. The summed E-state index contributed by atoms with van der Waals surface area (Å²) in [5, 5.41) is 7.94. The van der Waals surface area contributed by atoms with Crippen LogP contribution in [-0.2, 0) is 6.54 Å². The van der Waals surface area contributed by atoms with Gasteiger partial charge in [-0.3, -0.25) is 4.90 Å². The van der Waals surface area contributed by atoms with Crippen LogP contribution in [0, 0.1) is 0 Å². The van der Waals surface area contributed by atoms with Crippen LogP contribution < -0.4 is 10.6 Å². The van der Waals surface area contributed by atoms with Gasteiger partial charge in [-0.25, -0.2) is 0 Å². The number of nitrogens with one attached hydrogen (secondary N) is 2. The fourth-order valence-corrected chi connectivity index (χ4v) is 3.33. The summed E-state index contributed by atoms with van der Waals surface area (Å²) in [7, 11) is 0. The first kappa shape index (κ1) is 16.2. The van der Waals surface area contributed by atoms with Crippen molar-refractivity contribution >= 4 is 34.6 Å². The minimum Gasteiger partial charge on any atom is -0.358 e. The molecule has 0 spiro atoms. The van der Waals surface area contributed by atoms with Crippen LogP contribution in [0.4, 0.5) is 5.69 Å². The van der Waals surface area contributed by atoms with Crippen molar-refractivity contribution < 1.29 is 0 Å². The molecule has 0 bridgehead atoms. The zero-order valence-electron chi connectivity index (χ0n) is 12.8. The zero-order chi connectivity index (χ0) is 16.1. The van der Waals surface area contributed by atoms with Crippen LogP contribution in [0.1, 0.15) is 12.0 Å². The van der Waals surface area contributed by atoms with E-state index in [1.54, 1.807) is 0 Å². The van der Waals surface area contributed by atoms with Crippen molar-refractivity contribution in [2.24, 2.45) is 0 Å². The molecule has 1 saturated heterocycles. The summed E-state index contributed by atoms with van der Waals surface area (Å²) in [4.78, 5) is 2.45. The van der Waals surface area contributed by atoms with E-state index in [0.717, 1.165) is 31.7 Å². The number of likely N-dealkylation sites (tertiary alicyclic amines) is 1. The Kier molecular flexibility index (Phi) is 5.49. The van der Waals surface area contributed by atoms with Gasteiger partial charge < -0.3 is 10.6 Å². The topological polar surface area (TPSA) is 27.3 Å². The van der Waals surface area contributed by atoms with Crippen LogP contribution in [0.3, 0.4) is 0 Å². The molecule has 1 unspecified atom stereocenters. The average molecular weight is 346 g/mol. The van der Waals surface area contributed by atoms with Crippen molar-refractivity contribution in [2.45, 2.75) is 19.0 Å². The predicted octanol–water partition coefficient (Wildman–Crippen LogP) is 3.90. The molecule has 2 N–H and O–H groups in total. The van der Waals surface area contributed by atoms with E-state index in [9.17, 15) is 0 Å². The lowest BCUT2D eigenvalue weighted by atomic mass is 10.2. The van der Waals surface area contributed by atoms with Crippen molar-refractivity contribution in [2.75, 3.05) is 18.4 Å². The van der Waals surface area contributed by atoms with Crippen molar-refractivity contribution in [3.63, 3.8) is 0 Å². The average Bonchev–Trinajstić information content (AvgIpc) is 2.95. The van der Waals surface area contributed by atoms with E-state index in [1.165, 1.54) is 5.56 Å². The third-order valence-corrected chi connectivity index (χ3v) is 4.39. The minimum absolute atomic E-state index is 0.387. The molecule has 0 aliphatic carbocycles. The number of rotatable bonds is 4. The second-order valence-corrected chi connectivity index (χ2v) is 6.66. The van der Waals surface area contributed by atoms with E-state index in [2.05, 4.69) is 45.9 Å². The molecule has 0 saturated carbocycles. The first-order chi connectivity index (χ1) is 11.2. The summed E-state index contributed by atoms with van der Waals surface area (Å²) >= 11 is 11.4. The van der Waals surface area contributed by atoms with Crippen molar-refractivity contribution in [1.82, 2.24) is 10.2 Å². The quantitative estimate of drug-likeness (QED) is 0.822. The highest BCUT2D eigenvalue weighted by Gasteiger charge is 2.22. The third-order valence-electron chi connectivity index (χ3n) is 3.94. The number of benzene rings is 2. The highest BCUT2D eigenvalue weighted by atomic mass is 35.5. The Bertz CT molecular complexity index is 662. The molecule has 1 heterocycles. The second kappa shape index (κ2) is 7.77. The molecule has 3 rings (SSSR count). The Hall–Kier alpha value is -1.62. The van der Waals surface area contributed by atoms with Crippen molar-refractivity contribution in [3.8, 4) is 0 Å². The molecule has 2 aromatic carbocycles. The maximum Gasteiger partial charge on any atom is 0.171 e. The SMILES string of the molecule is S=C(Nc1cccc(Cl)c1)NC1CCN(Cc2ccccc2)C1. The van der Waals surface area contributed by atoms with E-state index in [1.807, 2.05) is 24.3 Å². The molecule has 1 aliphatic heterocycles. The first-order valence-electron chi connectivity index (χ1n) is 7.78. The largest absolute Gasteiger partial charge is 0.358 e. The van der Waals surface area contributed by atoms with Crippen molar-refractivity contribution in [3.05, 3.63) is 65.2 Å². The molecule has 1 atom stereocenters. The van der Waals surface area contributed by atoms with Crippen LogP contribution in [0.5, 0.6) is 0 Å². The monoisotopic (exact) mass is 345 g/mol. The van der Waals surface area contributed by atoms with Crippen LogP contribution >= 0.6 is 23.8 Å². The molecular weight excluding hydrogens is 326 g/mol. The summed E-state index contributed by atoms with van der Waals surface area (Å²) in [5.41, 5.74) is 2.27. The summed E-state index contributed by atoms with van der Waals surface area (Å²) in [5.74, 6) is 0. The van der Waals surface area contributed by atoms with Gasteiger partial charge in [-0.1, -0.05) is 48.0 Å². The highest BCUT2D eigenvalue weighted by molar-refractivity contribution is 7.80. The van der Waals surface area contributed by atoms with Crippen molar-refractivity contribution in [1.29, 1.82) is 0 Å². The molecular formula is C18H20ClN3S. The Morgan fingerprint density at radius 1 is 1.17 bits per heavy atom. The van der Waals surface area contributed by atoms with Crippen LogP contribution in [0.25, 0.3) is 0 Å². The molecule has 0 aromatic heterocycles. The van der Waals surface area contributed by atoms with E-state index in [-0.39, 0.29) is 0 Å². The van der Waals surface area contributed by atoms with E-state index in [0.29, 0.717) is 16.2 Å². The highest BCUT2D eigenvalue weighted by Crippen LogP contribution is 2.16. The van der Waals surface area contributed by atoms with Gasteiger partial charge in [0.25, 0.3) is 0 Å². The fraction of sp³-hybridized carbons (Fsp3) is 0.278. The van der Waals surface area contributed by atoms with Gasteiger partial charge in [-0.15, -0.1) is 0 Å². The molecule has 1 fully saturated rings. The van der Waals surface area contributed by atoms with E-state index < -0.39 is 0 Å². The van der Waals surface area contributed by atoms with Crippen LogP contribution in [0.15, 0.2) is 54.6 Å². The van der Waals surface area contributed by atoms with E-state index in [4.69, 9.17) is 23.8 Å². The summed E-state index contributed by atoms with van der Waals surface area (Å²) in [6.07, 6.45) is 1.10. The molecule has 5 heteroatoms. The molecule has 0 radical (unpaired) electrons. The van der Waals surface area contributed by atoms with Crippen LogP contribution in [0.2, 0.25) is 5.02 Å². The number of anilines is 1. The first-order valence-corrected chi connectivity index (χ1v) is 8.57. The predicted molar refractivity (Wildman–Crippen MR) is 101 cm³/mol. The van der Waals surface area contributed by atoms with Gasteiger partial charge in [-0.05, 0) is 42.4 Å². The van der Waals surface area contributed by atoms with Gasteiger partial charge in [0.1, 0.15) is 0 Å². The molecule has 2 aromatic rings. The Balaban J connectivity index is 1.47. The standard InChI is InChI=1S/C18H20ClN3S/c19-15-7-4-8-16(11-15)20-18(23)21-17-9-10-22(13-17)12-14-5-2-1-3-6-14/h1-8,11,17H,9-10,12-13H2,(H2,20,21,23). The summed E-state index contributed by atoms with van der Waals surface area (Å²) < 4.78 is 0. The number of halogens is 1. The molecule has 23 heavy (non-hydrogen) atoms. The van der Waals surface area contributed by atoms with Gasteiger partial charge in [0.05, 0.1) is 0 Å². The Labute approximate surface area is 147 Å². The van der Waals surface area contributed by atoms with Gasteiger partial charge in [0, 0.05) is 36.4 Å². The second-order valence-electron chi connectivity index (χ2n) is 5.82. The Morgan fingerprint density at radius 2 is 2.00 bits per heavy atom. The van der Waals surface area contributed by atoms with Gasteiger partial charge in [0.15, 0.2) is 5.11 Å². The van der Waals surface area contributed by atoms with Crippen LogP contribution in [-0.4, -0.2) is 29.1 Å². The normalized spacial score (nSPS) is 17.9. The summed E-state index contributed by atoms with van der Waals surface area (Å²) in [6, 6.07) is 18.5. The molecule has 3 nitrogen and oxygen atoms in total. The number of hydrogen-bond donors (Lipinski definition) is 2. The smallest absolute Gasteiger partial charge is 0.171 e. The number of hydrogen-bond acceptors (Lipinski definition) is 2. The lowest BCUT2D eigenvalue weighted by molar-refractivity contribution is 0.324. The minimum atomic E-state index is 0.387. The van der Waals surface area contributed by atoms with Gasteiger partial charge in [0.2, 0.25) is 0 Å². The fourth-order valence-electron chi connectivity index (χ4n) is 2.85. The molecule has 0 amide bonds. The summed E-state index contributed by atoms with van der Waals surface area (Å²) in [6.45, 7) is 3.09. The molecule has 120 valence electrons. The maximum absolute atomic E-state index is 5.98. The zero-order valence-corrected chi connectivity index (χ0v) is 14.4. The maximum atomic E-state index is 5.98. The third kappa shape index (κ3) is 4.93. The lowest BCUT2D eigenvalue weighted by Crippen LogP contribution is -2.39. The number of thiocarbonyl (C=S) groups is 1. The van der Waals surface area contributed by atoms with Gasteiger partial charge in [-0.2, -0.15) is 0 Å².